The molecule has 1 aliphatic carbocycles. The van der Waals surface area contributed by atoms with Crippen molar-refractivity contribution in [2.45, 2.75) is 26.2 Å². The molecule has 1 aromatic carbocycles. The first-order chi connectivity index (χ1) is 10.0. The van der Waals surface area contributed by atoms with Gasteiger partial charge in [0.25, 0.3) is 11.6 Å². The summed E-state index contributed by atoms with van der Waals surface area (Å²) in [5, 5.41) is 13.8. The lowest BCUT2D eigenvalue weighted by atomic mass is 10.1. The number of nitrogens with two attached hydrogens (primary N) is 1. The summed E-state index contributed by atoms with van der Waals surface area (Å²) in [5.74, 6) is 6.14. The van der Waals surface area contributed by atoms with Gasteiger partial charge in [-0.05, 0) is 36.8 Å². The predicted octanol–water partition coefficient (Wildman–Crippen LogP) is 2.05. The highest BCUT2D eigenvalue weighted by atomic mass is 16.6. The third-order valence-electron chi connectivity index (χ3n) is 3.97. The van der Waals surface area contributed by atoms with Crippen LogP contribution < -0.4 is 16.6 Å². The Hall–Kier alpha value is -2.15. The first-order valence-electron chi connectivity index (χ1n) is 7.04. The number of anilines is 1. The van der Waals surface area contributed by atoms with Crippen LogP contribution in [-0.2, 0) is 0 Å². The molecule has 7 heteroatoms. The fourth-order valence-electron chi connectivity index (χ4n) is 2.80. The second-order valence-electron chi connectivity index (χ2n) is 5.63. The number of rotatable bonds is 5. The van der Waals surface area contributed by atoms with Crippen LogP contribution in [0.1, 0.15) is 36.5 Å². The molecule has 1 amide bonds. The second-order valence-corrected chi connectivity index (χ2v) is 5.63. The van der Waals surface area contributed by atoms with Gasteiger partial charge in [-0.1, -0.05) is 13.3 Å². The van der Waals surface area contributed by atoms with E-state index in [1.54, 1.807) is 0 Å². The lowest BCUT2D eigenvalue weighted by Crippen LogP contribution is -2.28. The Morgan fingerprint density at radius 2 is 2.24 bits per heavy atom. The SMILES string of the molecule is CC1CCC(CNC(=O)c2ccc(NN)c([N+](=O)[O-])c2)C1. The second kappa shape index (κ2) is 6.53. The molecule has 1 saturated carbocycles. The van der Waals surface area contributed by atoms with Crippen molar-refractivity contribution in [2.75, 3.05) is 12.0 Å². The van der Waals surface area contributed by atoms with Gasteiger partial charge >= 0.3 is 0 Å². The number of hydrogen-bond donors (Lipinski definition) is 3. The average molecular weight is 292 g/mol. The normalized spacial score (nSPS) is 21.0. The topological polar surface area (TPSA) is 110 Å². The number of benzene rings is 1. The zero-order chi connectivity index (χ0) is 15.4. The number of nitro benzene ring substituents is 1. The van der Waals surface area contributed by atoms with Crippen molar-refractivity contribution < 1.29 is 9.72 Å². The number of amides is 1. The van der Waals surface area contributed by atoms with E-state index in [-0.39, 0.29) is 22.8 Å². The highest BCUT2D eigenvalue weighted by molar-refractivity contribution is 5.95. The van der Waals surface area contributed by atoms with Crippen LogP contribution in [0.5, 0.6) is 0 Å². The van der Waals surface area contributed by atoms with Gasteiger partial charge in [-0.3, -0.25) is 20.8 Å². The summed E-state index contributed by atoms with van der Waals surface area (Å²) < 4.78 is 0. The van der Waals surface area contributed by atoms with Gasteiger partial charge in [-0.15, -0.1) is 0 Å². The van der Waals surface area contributed by atoms with Crippen LogP contribution in [0.25, 0.3) is 0 Å². The summed E-state index contributed by atoms with van der Waals surface area (Å²) in [6.45, 7) is 2.83. The quantitative estimate of drug-likeness (QED) is 0.437. The molecule has 1 fully saturated rings. The minimum atomic E-state index is -0.565. The monoisotopic (exact) mass is 292 g/mol. The van der Waals surface area contributed by atoms with Crippen molar-refractivity contribution in [3.05, 3.63) is 33.9 Å². The Morgan fingerprint density at radius 1 is 1.48 bits per heavy atom. The predicted molar refractivity (Wildman–Crippen MR) is 79.7 cm³/mol. The zero-order valence-corrected chi connectivity index (χ0v) is 12.0. The number of hydrazine groups is 1. The van der Waals surface area contributed by atoms with Crippen molar-refractivity contribution in [3.8, 4) is 0 Å². The Kier molecular flexibility index (Phi) is 4.74. The Balaban J connectivity index is 2.02. The van der Waals surface area contributed by atoms with Crippen LogP contribution >= 0.6 is 0 Å². The number of nitro groups is 1. The summed E-state index contributed by atoms with van der Waals surface area (Å²) >= 11 is 0. The van der Waals surface area contributed by atoms with Gasteiger partial charge in [-0.25, -0.2) is 0 Å². The standard InChI is InChI=1S/C14H20N4O3/c1-9-2-3-10(6-9)8-16-14(19)11-4-5-12(17-15)13(7-11)18(20)21/h4-5,7,9-10,17H,2-3,6,8,15H2,1H3,(H,16,19). The Labute approximate surface area is 123 Å². The van der Waals surface area contributed by atoms with Crippen molar-refractivity contribution in [3.63, 3.8) is 0 Å². The minimum Gasteiger partial charge on any atom is -0.352 e. The zero-order valence-electron chi connectivity index (χ0n) is 12.0. The molecule has 0 spiro atoms. The molecular weight excluding hydrogens is 272 g/mol. The van der Waals surface area contributed by atoms with Gasteiger partial charge in [0.05, 0.1) is 4.92 Å². The number of carbonyl (C=O) groups is 1. The van der Waals surface area contributed by atoms with Gasteiger partial charge < -0.3 is 10.7 Å². The van der Waals surface area contributed by atoms with E-state index in [1.165, 1.54) is 24.6 Å². The molecule has 0 heterocycles. The molecule has 0 aliphatic heterocycles. The minimum absolute atomic E-state index is 0.182. The highest BCUT2D eigenvalue weighted by Gasteiger charge is 2.22. The Bertz CT molecular complexity index is 547. The number of hydrogen-bond acceptors (Lipinski definition) is 5. The van der Waals surface area contributed by atoms with E-state index in [1.807, 2.05) is 0 Å². The summed E-state index contributed by atoms with van der Waals surface area (Å²) in [6.07, 6.45) is 3.44. The maximum Gasteiger partial charge on any atom is 0.294 e. The lowest BCUT2D eigenvalue weighted by molar-refractivity contribution is -0.384. The molecule has 0 bridgehead atoms. The van der Waals surface area contributed by atoms with E-state index in [4.69, 9.17) is 5.84 Å². The molecular formula is C14H20N4O3. The molecule has 0 saturated heterocycles. The van der Waals surface area contributed by atoms with Crippen molar-refractivity contribution in [1.29, 1.82) is 0 Å². The lowest BCUT2D eigenvalue weighted by Gasteiger charge is -2.11. The van der Waals surface area contributed by atoms with Crippen LogP contribution in [-0.4, -0.2) is 17.4 Å². The maximum absolute atomic E-state index is 12.1. The van der Waals surface area contributed by atoms with Gasteiger partial charge in [0, 0.05) is 18.2 Å². The summed E-state index contributed by atoms with van der Waals surface area (Å²) in [4.78, 5) is 22.4. The summed E-state index contributed by atoms with van der Waals surface area (Å²) in [7, 11) is 0. The fraction of sp³-hybridized carbons (Fsp3) is 0.500. The largest absolute Gasteiger partial charge is 0.352 e. The van der Waals surface area contributed by atoms with E-state index in [2.05, 4.69) is 17.7 Å². The molecule has 1 aliphatic rings. The molecule has 4 N–H and O–H groups in total. The number of nitrogens with zero attached hydrogens (tertiary/aromatic N) is 1. The number of carbonyl (C=O) groups excluding carboxylic acids is 1. The van der Waals surface area contributed by atoms with Gasteiger partial charge in [0.1, 0.15) is 5.69 Å². The first kappa shape index (κ1) is 15.2. The first-order valence-corrected chi connectivity index (χ1v) is 7.04. The van der Waals surface area contributed by atoms with E-state index in [9.17, 15) is 14.9 Å². The third kappa shape index (κ3) is 3.69. The van der Waals surface area contributed by atoms with Crippen LogP contribution in [0.4, 0.5) is 11.4 Å². The highest BCUT2D eigenvalue weighted by Crippen LogP contribution is 2.30. The van der Waals surface area contributed by atoms with E-state index in [0.29, 0.717) is 18.4 Å². The van der Waals surface area contributed by atoms with E-state index in [0.717, 1.165) is 12.8 Å². The van der Waals surface area contributed by atoms with Crippen LogP contribution in [0.3, 0.4) is 0 Å². The molecule has 0 radical (unpaired) electrons. The molecule has 2 atom stereocenters. The molecule has 21 heavy (non-hydrogen) atoms. The van der Waals surface area contributed by atoms with Gasteiger partial charge in [0.15, 0.2) is 0 Å². The van der Waals surface area contributed by atoms with E-state index < -0.39 is 4.92 Å². The molecule has 7 nitrogen and oxygen atoms in total. The Morgan fingerprint density at radius 3 is 2.81 bits per heavy atom. The van der Waals surface area contributed by atoms with Gasteiger partial charge in [-0.2, -0.15) is 0 Å². The van der Waals surface area contributed by atoms with Crippen molar-refractivity contribution in [1.82, 2.24) is 5.32 Å². The molecule has 0 aromatic heterocycles. The number of nitrogens with one attached hydrogen (secondary N) is 2. The average Bonchev–Trinajstić information content (AvgIpc) is 2.89. The number of nitrogen functional groups attached to an aromatic ring is 1. The van der Waals surface area contributed by atoms with Crippen LogP contribution in [0, 0.1) is 22.0 Å². The van der Waals surface area contributed by atoms with Crippen LogP contribution in [0.2, 0.25) is 0 Å². The maximum atomic E-state index is 12.1. The van der Waals surface area contributed by atoms with Crippen LogP contribution in [0.15, 0.2) is 18.2 Å². The van der Waals surface area contributed by atoms with Crippen molar-refractivity contribution in [2.24, 2.45) is 17.7 Å². The smallest absolute Gasteiger partial charge is 0.294 e. The third-order valence-corrected chi connectivity index (χ3v) is 3.97. The van der Waals surface area contributed by atoms with Crippen molar-refractivity contribution >= 4 is 17.3 Å². The molecule has 2 unspecified atom stereocenters. The summed E-state index contributed by atoms with van der Waals surface area (Å²) in [5.41, 5.74) is 2.49. The fourth-order valence-corrected chi connectivity index (χ4v) is 2.80. The molecule has 114 valence electrons. The molecule has 2 rings (SSSR count). The summed E-state index contributed by atoms with van der Waals surface area (Å²) in [6, 6.07) is 4.20. The molecule has 1 aromatic rings. The van der Waals surface area contributed by atoms with E-state index >= 15 is 0 Å². The van der Waals surface area contributed by atoms with Gasteiger partial charge in [0.2, 0.25) is 0 Å².